The van der Waals surface area contributed by atoms with Gasteiger partial charge in [-0.1, -0.05) is 51.8 Å². The third kappa shape index (κ3) is 10.3. The van der Waals surface area contributed by atoms with Crippen LogP contribution in [0, 0.1) is 17.3 Å². The van der Waals surface area contributed by atoms with E-state index in [2.05, 4.69) is 30.3 Å². The summed E-state index contributed by atoms with van der Waals surface area (Å²) in [6, 6.07) is 15.6. The summed E-state index contributed by atoms with van der Waals surface area (Å²) >= 11 is 0. The molecule has 3 atom stereocenters. The Bertz CT molecular complexity index is 1350. The monoisotopic (exact) mass is 605 g/mol. The number of imidazole rings is 1. The molecule has 11 heteroatoms. The van der Waals surface area contributed by atoms with Gasteiger partial charge in [-0.2, -0.15) is 13.2 Å². The highest BCUT2D eigenvalue weighted by Crippen LogP contribution is 2.37. The number of hydrogen-bond acceptors (Lipinski definition) is 6. The summed E-state index contributed by atoms with van der Waals surface area (Å²) in [6.45, 7) is 6.84. The molecule has 0 radical (unpaired) electrons. The van der Waals surface area contributed by atoms with Crippen molar-refractivity contribution < 1.29 is 37.7 Å². The molecular formula is C32H42F3N3O5. The molecular weight excluding hydrogens is 563 g/mol. The summed E-state index contributed by atoms with van der Waals surface area (Å²) in [7, 11) is 0. The summed E-state index contributed by atoms with van der Waals surface area (Å²) in [4.78, 5) is 26.6. The highest BCUT2D eigenvalue weighted by molar-refractivity contribution is 5.81. The number of alkyl halides is 3. The molecule has 0 saturated heterocycles. The number of carboxylic acids is 1. The number of nitrogen functional groups attached to an aromatic ring is 1. The Balaban J connectivity index is 0.000000646. The first-order valence-electron chi connectivity index (χ1n) is 14.6. The van der Waals surface area contributed by atoms with E-state index in [0.717, 1.165) is 54.6 Å². The number of ether oxygens (including phenoxy) is 1. The average molecular weight is 606 g/mol. The van der Waals surface area contributed by atoms with Crippen molar-refractivity contribution in [2.45, 2.75) is 84.4 Å². The first-order chi connectivity index (χ1) is 20.2. The van der Waals surface area contributed by atoms with Crippen LogP contribution in [0.15, 0.2) is 48.5 Å². The topological polar surface area (TPSA) is 128 Å². The molecule has 236 valence electrons. The van der Waals surface area contributed by atoms with Crippen molar-refractivity contribution in [3.63, 3.8) is 0 Å². The number of aliphatic hydroxyl groups is 1. The number of halogens is 3. The lowest BCUT2D eigenvalue weighted by molar-refractivity contribution is -0.192. The van der Waals surface area contributed by atoms with Crippen molar-refractivity contribution in [3.8, 4) is 11.5 Å². The van der Waals surface area contributed by atoms with Crippen LogP contribution >= 0.6 is 0 Å². The van der Waals surface area contributed by atoms with E-state index in [-0.39, 0.29) is 29.8 Å². The molecule has 0 bridgehead atoms. The Kier molecular flexibility index (Phi) is 11.6. The van der Waals surface area contributed by atoms with Crippen LogP contribution in [0.4, 0.5) is 19.1 Å². The normalized spacial score (nSPS) is 18.0. The zero-order chi connectivity index (χ0) is 31.8. The van der Waals surface area contributed by atoms with Crippen molar-refractivity contribution in [2.75, 3.05) is 12.3 Å². The van der Waals surface area contributed by atoms with Crippen LogP contribution in [-0.2, 0) is 9.59 Å². The fourth-order valence-corrected chi connectivity index (χ4v) is 5.71. The van der Waals surface area contributed by atoms with Crippen LogP contribution in [0.1, 0.15) is 78.2 Å². The maximum absolute atomic E-state index is 13.1. The number of carbonyl (C=O) groups excluding carboxylic acids is 1. The number of ketones is 1. The number of aliphatic hydroxyl groups excluding tert-OH is 1. The molecule has 4 N–H and O–H groups in total. The van der Waals surface area contributed by atoms with E-state index >= 15 is 0 Å². The third-order valence-corrected chi connectivity index (χ3v) is 7.67. The van der Waals surface area contributed by atoms with Gasteiger partial charge in [0.05, 0.1) is 11.0 Å². The lowest BCUT2D eigenvalue weighted by Gasteiger charge is -2.30. The summed E-state index contributed by atoms with van der Waals surface area (Å²) in [6.07, 6.45) is 1.99. The quantitative estimate of drug-likeness (QED) is 0.218. The zero-order valence-electron chi connectivity index (χ0n) is 24.9. The van der Waals surface area contributed by atoms with Crippen molar-refractivity contribution in [3.05, 3.63) is 48.5 Å². The predicted octanol–water partition coefficient (Wildman–Crippen LogP) is 7.56. The number of fused-ring (bicyclic) bond motifs is 1. The van der Waals surface area contributed by atoms with Crippen LogP contribution in [0.3, 0.4) is 0 Å². The fourth-order valence-electron chi connectivity index (χ4n) is 5.71. The van der Waals surface area contributed by atoms with Crippen LogP contribution in [0.25, 0.3) is 11.0 Å². The molecule has 1 aliphatic rings. The summed E-state index contributed by atoms with van der Waals surface area (Å²) in [5, 5.41) is 16.9. The molecule has 4 rings (SSSR count). The molecule has 8 nitrogen and oxygen atoms in total. The van der Waals surface area contributed by atoms with Gasteiger partial charge in [0.2, 0.25) is 5.95 Å². The minimum atomic E-state index is -5.08. The summed E-state index contributed by atoms with van der Waals surface area (Å²) < 4.78 is 39.9. The van der Waals surface area contributed by atoms with E-state index in [0.29, 0.717) is 31.1 Å². The molecule has 0 aliphatic heterocycles. The second-order valence-corrected chi connectivity index (χ2v) is 12.4. The SMILES string of the molecule is CC(C)(C)C[C@H](CCC(=O)CC1CCCC[C@@H]1CO)n1c(N)nc2ccc(Oc3ccccc3)cc21.O=C(O)C(F)(F)F. The summed E-state index contributed by atoms with van der Waals surface area (Å²) in [5.74, 6) is 0.0851. The van der Waals surface area contributed by atoms with Crippen molar-refractivity contribution in [2.24, 2.45) is 17.3 Å². The average Bonchev–Trinajstić information content (AvgIpc) is 3.26. The minimum absolute atomic E-state index is 0.0471. The van der Waals surface area contributed by atoms with Gasteiger partial charge in [-0.25, -0.2) is 9.78 Å². The van der Waals surface area contributed by atoms with Gasteiger partial charge < -0.3 is 25.3 Å². The maximum Gasteiger partial charge on any atom is 0.490 e. The molecule has 0 amide bonds. The van der Waals surface area contributed by atoms with E-state index in [1.165, 1.54) is 0 Å². The lowest BCUT2D eigenvalue weighted by atomic mass is 9.76. The van der Waals surface area contributed by atoms with Gasteiger partial charge in [0.1, 0.15) is 17.3 Å². The number of carboxylic acid groups (broad SMARTS) is 1. The van der Waals surface area contributed by atoms with E-state index in [9.17, 15) is 23.1 Å². The Morgan fingerprint density at radius 3 is 2.26 bits per heavy atom. The number of benzene rings is 2. The van der Waals surface area contributed by atoms with Crippen molar-refractivity contribution in [1.82, 2.24) is 9.55 Å². The van der Waals surface area contributed by atoms with Gasteiger partial charge in [0, 0.05) is 31.6 Å². The van der Waals surface area contributed by atoms with E-state index in [4.69, 9.17) is 20.4 Å². The number of hydrogen-bond donors (Lipinski definition) is 3. The Morgan fingerprint density at radius 1 is 1.05 bits per heavy atom. The lowest BCUT2D eigenvalue weighted by Crippen LogP contribution is -2.25. The zero-order valence-corrected chi connectivity index (χ0v) is 24.9. The van der Waals surface area contributed by atoms with Gasteiger partial charge in [-0.3, -0.25) is 4.79 Å². The second kappa shape index (κ2) is 14.7. The third-order valence-electron chi connectivity index (χ3n) is 7.67. The highest BCUT2D eigenvalue weighted by Gasteiger charge is 2.38. The molecule has 0 spiro atoms. The molecule has 3 aromatic rings. The van der Waals surface area contributed by atoms with Crippen LogP contribution < -0.4 is 10.5 Å². The van der Waals surface area contributed by atoms with Gasteiger partial charge in [0.25, 0.3) is 0 Å². The van der Waals surface area contributed by atoms with Gasteiger partial charge in [-0.05, 0) is 67.2 Å². The van der Waals surface area contributed by atoms with E-state index in [1.807, 2.05) is 48.5 Å². The van der Waals surface area contributed by atoms with Crippen LogP contribution in [-0.4, -0.2) is 44.3 Å². The predicted molar refractivity (Wildman–Crippen MR) is 159 cm³/mol. The number of rotatable bonds is 10. The number of nitrogens with two attached hydrogens (primary N) is 1. The smallest absolute Gasteiger partial charge is 0.475 e. The number of para-hydroxylation sites is 1. The molecule has 1 aromatic heterocycles. The number of Topliss-reactive ketones (excluding diaryl/α,β-unsaturated/α-hetero) is 1. The molecule has 1 unspecified atom stereocenters. The largest absolute Gasteiger partial charge is 0.490 e. The minimum Gasteiger partial charge on any atom is -0.475 e. The number of anilines is 1. The molecule has 1 fully saturated rings. The van der Waals surface area contributed by atoms with Crippen molar-refractivity contribution >= 4 is 28.7 Å². The number of aromatic nitrogens is 2. The Labute approximate surface area is 250 Å². The Morgan fingerprint density at radius 2 is 1.67 bits per heavy atom. The number of carbonyl (C=O) groups is 2. The maximum atomic E-state index is 13.1. The first-order valence-corrected chi connectivity index (χ1v) is 14.6. The number of nitrogens with zero attached hydrogens (tertiary/aromatic N) is 2. The van der Waals surface area contributed by atoms with E-state index in [1.54, 1.807) is 0 Å². The first kappa shape index (κ1) is 33.9. The van der Waals surface area contributed by atoms with Crippen LogP contribution in [0.2, 0.25) is 0 Å². The molecule has 2 aromatic carbocycles. The van der Waals surface area contributed by atoms with Gasteiger partial charge in [-0.15, -0.1) is 0 Å². The fraction of sp³-hybridized carbons (Fsp3) is 0.531. The molecule has 1 heterocycles. The standard InChI is InChI=1S/C30H41N3O3.C2HF3O2/c1-30(2,3)19-23(13-14-24(35)17-21-9-7-8-10-22(21)20-34)33-28-18-26(15-16-27(28)32-29(33)31)36-25-11-5-4-6-12-25;3-2(4,5)1(6)7/h4-6,11-12,15-16,18,21-23,34H,7-10,13-14,17,19-20H2,1-3H3,(H2,31,32);(H,6,7)/t21?,22-,23+;/m1./s1. The Hall–Kier alpha value is -3.60. The van der Waals surface area contributed by atoms with Gasteiger partial charge >= 0.3 is 12.1 Å². The second-order valence-electron chi connectivity index (χ2n) is 12.4. The van der Waals surface area contributed by atoms with Gasteiger partial charge in [0.15, 0.2) is 0 Å². The van der Waals surface area contributed by atoms with Crippen LogP contribution in [0.5, 0.6) is 11.5 Å². The molecule has 1 saturated carbocycles. The number of aliphatic carboxylic acids is 1. The molecule has 43 heavy (non-hydrogen) atoms. The summed E-state index contributed by atoms with van der Waals surface area (Å²) in [5.41, 5.74) is 8.27. The van der Waals surface area contributed by atoms with E-state index < -0.39 is 12.1 Å². The van der Waals surface area contributed by atoms with Crippen molar-refractivity contribution in [1.29, 1.82) is 0 Å². The highest BCUT2D eigenvalue weighted by atomic mass is 19.4. The molecule has 1 aliphatic carbocycles.